The molecule has 0 aliphatic carbocycles. The maximum Gasteiger partial charge on any atom is 0.243 e. The van der Waals surface area contributed by atoms with Crippen molar-refractivity contribution in [3.8, 4) is 0 Å². The molecule has 0 atom stereocenters. The second kappa shape index (κ2) is 5.85. The number of rotatable bonds is 5. The molecule has 1 saturated heterocycles. The van der Waals surface area contributed by atoms with Crippen molar-refractivity contribution in [1.29, 1.82) is 0 Å². The fourth-order valence-electron chi connectivity index (χ4n) is 2.16. The molecule has 1 aromatic carbocycles. The zero-order valence-corrected chi connectivity index (χ0v) is 11.4. The third-order valence-corrected chi connectivity index (χ3v) is 4.66. The molecule has 7 heteroatoms. The molecule has 2 rings (SSSR count). The zero-order chi connectivity index (χ0) is 13.9. The van der Waals surface area contributed by atoms with Crippen molar-refractivity contribution in [2.45, 2.75) is 17.7 Å². The van der Waals surface area contributed by atoms with Crippen molar-refractivity contribution in [2.24, 2.45) is 0 Å². The van der Waals surface area contributed by atoms with E-state index in [1.165, 1.54) is 12.1 Å². The smallest absolute Gasteiger partial charge is 0.243 e. The average molecular weight is 287 g/mol. The van der Waals surface area contributed by atoms with Crippen LogP contribution in [0.3, 0.4) is 0 Å². The first-order chi connectivity index (χ1) is 8.99. The lowest BCUT2D eigenvalue weighted by Crippen LogP contribution is -2.33. The van der Waals surface area contributed by atoms with E-state index in [2.05, 4.69) is 9.62 Å². The molecule has 3 N–H and O–H groups in total. The summed E-state index contributed by atoms with van der Waals surface area (Å²) in [5, 5.41) is 0. The molecule has 106 valence electrons. The van der Waals surface area contributed by atoms with Gasteiger partial charge in [-0.1, -0.05) is 0 Å². The van der Waals surface area contributed by atoms with E-state index in [0.717, 1.165) is 32.0 Å². The molecule has 0 spiro atoms. The third kappa shape index (κ3) is 3.65. The Balaban J connectivity index is 1.97. The summed E-state index contributed by atoms with van der Waals surface area (Å²) in [6.07, 6.45) is 2.30. The minimum atomic E-state index is -3.81. The van der Waals surface area contributed by atoms with Gasteiger partial charge in [0.2, 0.25) is 10.0 Å². The number of nitrogens with zero attached hydrogens (tertiary/aromatic N) is 1. The molecule has 1 aliphatic heterocycles. The van der Waals surface area contributed by atoms with Crippen molar-refractivity contribution in [2.75, 3.05) is 31.9 Å². The van der Waals surface area contributed by atoms with Crippen LogP contribution in [0.25, 0.3) is 0 Å². The summed E-state index contributed by atoms with van der Waals surface area (Å²) in [4.78, 5) is 1.82. The number of anilines is 1. The first-order valence-corrected chi connectivity index (χ1v) is 7.74. The number of sulfonamides is 1. The highest BCUT2D eigenvalue weighted by Gasteiger charge is 2.19. The molecule has 0 saturated carbocycles. The Morgan fingerprint density at radius 1 is 1.32 bits per heavy atom. The van der Waals surface area contributed by atoms with Crippen molar-refractivity contribution in [1.82, 2.24) is 9.62 Å². The van der Waals surface area contributed by atoms with Gasteiger partial charge < -0.3 is 10.6 Å². The van der Waals surface area contributed by atoms with E-state index >= 15 is 0 Å². The molecule has 0 radical (unpaired) electrons. The van der Waals surface area contributed by atoms with Gasteiger partial charge in [0, 0.05) is 18.8 Å². The standard InChI is InChI=1S/C12H18FN3O2S/c13-11-9-10(14)3-4-12(11)19(17,18)15-5-8-16-6-1-2-7-16/h3-4,9,15H,1-2,5-8,14H2. The van der Waals surface area contributed by atoms with Gasteiger partial charge in [0.1, 0.15) is 10.7 Å². The second-order valence-electron chi connectivity index (χ2n) is 4.64. The number of hydrogen-bond donors (Lipinski definition) is 2. The fourth-order valence-corrected chi connectivity index (χ4v) is 3.24. The normalized spacial score (nSPS) is 16.9. The van der Waals surface area contributed by atoms with Crippen LogP contribution in [-0.2, 0) is 10.0 Å². The van der Waals surface area contributed by atoms with Gasteiger partial charge >= 0.3 is 0 Å². The molecule has 0 amide bonds. The lowest BCUT2D eigenvalue weighted by Gasteiger charge is -2.15. The first-order valence-electron chi connectivity index (χ1n) is 6.26. The molecular weight excluding hydrogens is 269 g/mol. The summed E-state index contributed by atoms with van der Waals surface area (Å²) in [6.45, 7) is 2.93. The zero-order valence-electron chi connectivity index (χ0n) is 10.6. The van der Waals surface area contributed by atoms with Crippen molar-refractivity contribution in [3.05, 3.63) is 24.0 Å². The topological polar surface area (TPSA) is 75.4 Å². The largest absolute Gasteiger partial charge is 0.399 e. The molecule has 0 aromatic heterocycles. The highest BCUT2D eigenvalue weighted by Crippen LogP contribution is 2.16. The van der Waals surface area contributed by atoms with Crippen LogP contribution in [0.4, 0.5) is 10.1 Å². The number of nitrogens with two attached hydrogens (primary N) is 1. The van der Waals surface area contributed by atoms with Crippen LogP contribution in [-0.4, -0.2) is 39.5 Å². The summed E-state index contributed by atoms with van der Waals surface area (Å²) < 4.78 is 39.8. The summed E-state index contributed by atoms with van der Waals surface area (Å²) in [5.41, 5.74) is 5.59. The van der Waals surface area contributed by atoms with E-state index in [9.17, 15) is 12.8 Å². The Morgan fingerprint density at radius 2 is 2.00 bits per heavy atom. The highest BCUT2D eigenvalue weighted by atomic mass is 32.2. The van der Waals surface area contributed by atoms with Crippen molar-refractivity contribution in [3.63, 3.8) is 0 Å². The molecule has 1 heterocycles. The van der Waals surface area contributed by atoms with E-state index in [0.29, 0.717) is 6.54 Å². The number of nitrogens with one attached hydrogen (secondary N) is 1. The second-order valence-corrected chi connectivity index (χ2v) is 6.37. The first kappa shape index (κ1) is 14.2. The van der Waals surface area contributed by atoms with Gasteiger partial charge in [-0.2, -0.15) is 0 Å². The molecular formula is C12H18FN3O2S. The van der Waals surface area contributed by atoms with Crippen LogP contribution in [0, 0.1) is 5.82 Å². The Bertz CT molecular complexity index is 542. The highest BCUT2D eigenvalue weighted by molar-refractivity contribution is 7.89. The van der Waals surface area contributed by atoms with E-state index in [1.54, 1.807) is 0 Å². The predicted molar refractivity (Wildman–Crippen MR) is 71.7 cm³/mol. The number of hydrogen-bond acceptors (Lipinski definition) is 4. The Morgan fingerprint density at radius 3 is 2.63 bits per heavy atom. The van der Waals surface area contributed by atoms with Gasteiger partial charge in [-0.15, -0.1) is 0 Å². The Hall–Kier alpha value is -1.18. The van der Waals surface area contributed by atoms with E-state index in [1.807, 2.05) is 0 Å². The minimum absolute atomic E-state index is 0.202. The van der Waals surface area contributed by atoms with Gasteiger partial charge in [0.25, 0.3) is 0 Å². The van der Waals surface area contributed by atoms with Crippen LogP contribution in [0.15, 0.2) is 23.1 Å². The fraction of sp³-hybridized carbons (Fsp3) is 0.500. The molecule has 1 aliphatic rings. The Kier molecular flexibility index (Phi) is 4.38. The van der Waals surface area contributed by atoms with Crippen molar-refractivity contribution >= 4 is 15.7 Å². The Labute approximate surface area is 112 Å². The van der Waals surface area contributed by atoms with Crippen LogP contribution < -0.4 is 10.5 Å². The van der Waals surface area contributed by atoms with E-state index in [4.69, 9.17) is 5.73 Å². The number of nitrogen functional groups attached to an aromatic ring is 1. The molecule has 0 unspecified atom stereocenters. The molecule has 19 heavy (non-hydrogen) atoms. The maximum absolute atomic E-state index is 13.6. The van der Waals surface area contributed by atoms with Crippen LogP contribution in [0.1, 0.15) is 12.8 Å². The van der Waals surface area contributed by atoms with Gasteiger partial charge in [-0.25, -0.2) is 17.5 Å². The van der Waals surface area contributed by atoms with E-state index in [-0.39, 0.29) is 17.1 Å². The summed E-state index contributed by atoms with van der Waals surface area (Å²) in [6, 6.07) is 3.57. The number of benzene rings is 1. The van der Waals surface area contributed by atoms with Gasteiger partial charge in [-0.05, 0) is 44.1 Å². The lowest BCUT2D eigenvalue weighted by atomic mass is 10.3. The maximum atomic E-state index is 13.6. The lowest BCUT2D eigenvalue weighted by molar-refractivity contribution is 0.344. The monoisotopic (exact) mass is 287 g/mol. The number of halogens is 1. The van der Waals surface area contributed by atoms with E-state index < -0.39 is 15.8 Å². The van der Waals surface area contributed by atoms with Gasteiger partial charge in [0.15, 0.2) is 0 Å². The quantitative estimate of drug-likeness (QED) is 0.785. The van der Waals surface area contributed by atoms with Gasteiger partial charge in [0.05, 0.1) is 0 Å². The van der Waals surface area contributed by atoms with Gasteiger partial charge in [-0.3, -0.25) is 0 Å². The number of likely N-dealkylation sites (tertiary alicyclic amines) is 1. The summed E-state index contributed by atoms with van der Waals surface area (Å²) in [7, 11) is -3.81. The summed E-state index contributed by atoms with van der Waals surface area (Å²) in [5.74, 6) is -0.825. The predicted octanol–water partition coefficient (Wildman–Crippen LogP) is 0.782. The third-order valence-electron chi connectivity index (χ3n) is 3.16. The van der Waals surface area contributed by atoms with Crippen LogP contribution >= 0.6 is 0 Å². The summed E-state index contributed by atoms with van der Waals surface area (Å²) >= 11 is 0. The molecule has 1 fully saturated rings. The average Bonchev–Trinajstić information content (AvgIpc) is 2.81. The minimum Gasteiger partial charge on any atom is -0.399 e. The molecule has 1 aromatic rings. The van der Waals surface area contributed by atoms with Crippen molar-refractivity contribution < 1.29 is 12.8 Å². The molecule has 0 bridgehead atoms. The van der Waals surface area contributed by atoms with Crippen LogP contribution in [0.2, 0.25) is 0 Å². The SMILES string of the molecule is Nc1ccc(S(=O)(=O)NCCN2CCCC2)c(F)c1. The van der Waals surface area contributed by atoms with Crippen LogP contribution in [0.5, 0.6) is 0 Å². The molecule has 5 nitrogen and oxygen atoms in total.